The van der Waals surface area contributed by atoms with E-state index in [-0.39, 0.29) is 35.2 Å². The number of unbranched alkanes of at least 4 members (excludes halogenated alkanes) is 2. The Hall–Kier alpha value is -4.21. The molecule has 4 N–H and O–H groups in total. The van der Waals surface area contributed by atoms with E-state index in [1.807, 2.05) is 0 Å². The largest absolute Gasteiger partial charge is 0.478 e. The highest BCUT2D eigenvalue weighted by Crippen LogP contribution is 2.29. The van der Waals surface area contributed by atoms with Gasteiger partial charge in [-0.3, -0.25) is 19.3 Å². The third-order valence-electron chi connectivity index (χ3n) is 5.17. The van der Waals surface area contributed by atoms with Gasteiger partial charge < -0.3 is 20.8 Å². The number of carbonyl (C=O) groups is 5. The summed E-state index contributed by atoms with van der Waals surface area (Å²) < 4.78 is 0. The van der Waals surface area contributed by atoms with E-state index in [0.717, 1.165) is 24.2 Å². The van der Waals surface area contributed by atoms with Gasteiger partial charge in [-0.1, -0.05) is 44.0 Å². The Balaban J connectivity index is 2.31. The number of aliphatic carboxylic acids is 1. The number of nitrogens with one attached hydrogen (secondary N) is 2. The fourth-order valence-corrected chi connectivity index (χ4v) is 3.49. The maximum absolute atomic E-state index is 12.6. The first-order valence-corrected chi connectivity index (χ1v) is 11.2. The molecule has 0 radical (unpaired) electrons. The van der Waals surface area contributed by atoms with Crippen LogP contribution in [-0.2, 0) is 25.6 Å². The second-order valence-electron chi connectivity index (χ2n) is 7.89. The molecular formula is C25H29N3O7. The van der Waals surface area contributed by atoms with E-state index < -0.39 is 23.9 Å². The molecule has 186 valence electrons. The molecule has 35 heavy (non-hydrogen) atoms. The number of aromatic carboxylic acids is 1. The maximum Gasteiger partial charge on any atom is 0.395 e. The van der Waals surface area contributed by atoms with Crippen LogP contribution in [0.4, 0.5) is 11.4 Å². The molecule has 0 aliphatic heterocycles. The molecule has 0 saturated heterocycles. The zero-order valence-corrected chi connectivity index (χ0v) is 19.6. The Labute approximate surface area is 202 Å². The van der Waals surface area contributed by atoms with Crippen molar-refractivity contribution >= 4 is 41.0 Å². The van der Waals surface area contributed by atoms with Crippen molar-refractivity contribution in [3.63, 3.8) is 0 Å². The lowest BCUT2D eigenvalue weighted by Gasteiger charge is -2.23. The quantitative estimate of drug-likeness (QED) is 0.283. The van der Waals surface area contributed by atoms with E-state index in [4.69, 9.17) is 0 Å². The van der Waals surface area contributed by atoms with Crippen LogP contribution >= 0.6 is 0 Å². The molecule has 0 aliphatic carbocycles. The number of amides is 3. The summed E-state index contributed by atoms with van der Waals surface area (Å²) in [6.45, 7) is 3.86. The second kappa shape index (κ2) is 12.9. The van der Waals surface area contributed by atoms with Gasteiger partial charge in [0.25, 0.3) is 0 Å². The minimum atomic E-state index is -1.75. The molecule has 10 heteroatoms. The average Bonchev–Trinajstić information content (AvgIpc) is 2.82. The average molecular weight is 484 g/mol. The van der Waals surface area contributed by atoms with Gasteiger partial charge in [0, 0.05) is 25.6 Å². The summed E-state index contributed by atoms with van der Waals surface area (Å²) in [4.78, 5) is 60.6. The first-order chi connectivity index (χ1) is 16.6. The summed E-state index contributed by atoms with van der Waals surface area (Å²) >= 11 is 0. The third-order valence-corrected chi connectivity index (χ3v) is 5.17. The Bertz CT molecular complexity index is 1080. The van der Waals surface area contributed by atoms with Gasteiger partial charge in [0.05, 0.1) is 11.3 Å². The number of carboxylic acid groups (broad SMARTS) is 2. The molecular weight excluding hydrogens is 454 g/mol. The van der Waals surface area contributed by atoms with E-state index in [2.05, 4.69) is 17.6 Å². The van der Waals surface area contributed by atoms with Crippen molar-refractivity contribution in [1.29, 1.82) is 0 Å². The standard InChI is InChI=1S/C25H29N3O7/c1-3-4-7-14-26-22(30)20(27-16(2)29)15-17-10-12-18(13-11-17)28(23(31)25(34)35)21-9-6-5-8-19(21)24(32)33/h5-6,8-13,20H,3-4,7,14-15H2,1-2H3,(H,26,30)(H,27,29)(H,32,33)(H,34,35)/t20-/m0/s1. The number of benzene rings is 2. The molecule has 0 fully saturated rings. The van der Waals surface area contributed by atoms with Crippen LogP contribution in [0.15, 0.2) is 48.5 Å². The van der Waals surface area contributed by atoms with Gasteiger partial charge in [0.15, 0.2) is 0 Å². The zero-order chi connectivity index (χ0) is 26.0. The second-order valence-corrected chi connectivity index (χ2v) is 7.89. The molecule has 10 nitrogen and oxygen atoms in total. The van der Waals surface area contributed by atoms with Crippen molar-refractivity contribution < 1.29 is 34.2 Å². The van der Waals surface area contributed by atoms with Crippen molar-refractivity contribution in [1.82, 2.24) is 10.6 Å². The number of anilines is 2. The number of hydrogen-bond donors (Lipinski definition) is 4. The summed E-state index contributed by atoms with van der Waals surface area (Å²) in [6, 6.07) is 10.8. The summed E-state index contributed by atoms with van der Waals surface area (Å²) in [7, 11) is 0. The van der Waals surface area contributed by atoms with Gasteiger partial charge in [-0.15, -0.1) is 0 Å². The highest BCUT2D eigenvalue weighted by Gasteiger charge is 2.28. The van der Waals surface area contributed by atoms with E-state index in [1.165, 1.54) is 43.3 Å². The Morgan fingerprint density at radius 1 is 0.943 bits per heavy atom. The molecule has 1 atom stereocenters. The number of rotatable bonds is 11. The van der Waals surface area contributed by atoms with E-state index in [9.17, 15) is 34.2 Å². The van der Waals surface area contributed by atoms with Gasteiger partial charge in [0.2, 0.25) is 11.8 Å². The maximum atomic E-state index is 12.6. The molecule has 0 aliphatic rings. The minimum absolute atomic E-state index is 0.0947. The van der Waals surface area contributed by atoms with Crippen LogP contribution in [0.2, 0.25) is 0 Å². The summed E-state index contributed by atoms with van der Waals surface area (Å²) in [5, 5.41) is 24.2. The lowest BCUT2D eigenvalue weighted by atomic mass is 10.0. The van der Waals surface area contributed by atoms with E-state index in [0.29, 0.717) is 12.1 Å². The molecule has 0 unspecified atom stereocenters. The smallest absolute Gasteiger partial charge is 0.395 e. The number of hydrogen-bond acceptors (Lipinski definition) is 5. The first-order valence-electron chi connectivity index (χ1n) is 11.2. The molecule has 2 rings (SSSR count). The summed E-state index contributed by atoms with van der Waals surface area (Å²) in [6.07, 6.45) is 2.98. The van der Waals surface area contributed by atoms with Crippen LogP contribution in [-0.4, -0.2) is 52.5 Å². The number of nitrogens with zero attached hydrogens (tertiary/aromatic N) is 1. The van der Waals surface area contributed by atoms with Crippen LogP contribution < -0.4 is 15.5 Å². The molecule has 3 amide bonds. The highest BCUT2D eigenvalue weighted by molar-refractivity contribution is 6.39. The number of carbonyl (C=O) groups excluding carboxylic acids is 3. The zero-order valence-electron chi connectivity index (χ0n) is 19.6. The fraction of sp³-hybridized carbons (Fsp3) is 0.320. The molecule has 2 aromatic rings. The molecule has 0 heterocycles. The van der Waals surface area contributed by atoms with Crippen LogP contribution in [0, 0.1) is 0 Å². The third kappa shape index (κ3) is 7.66. The van der Waals surface area contributed by atoms with E-state index in [1.54, 1.807) is 12.1 Å². The predicted octanol–water partition coefficient (Wildman–Crippen LogP) is 2.49. The van der Waals surface area contributed by atoms with Gasteiger partial charge >= 0.3 is 17.8 Å². The van der Waals surface area contributed by atoms with Crippen molar-refractivity contribution in [2.45, 2.75) is 45.6 Å². The van der Waals surface area contributed by atoms with Crippen molar-refractivity contribution in [2.75, 3.05) is 11.4 Å². The Kier molecular flexibility index (Phi) is 9.95. The number of carboxylic acids is 2. The van der Waals surface area contributed by atoms with Crippen LogP contribution in [0.1, 0.15) is 49.0 Å². The molecule has 0 spiro atoms. The van der Waals surface area contributed by atoms with Gasteiger partial charge in [0.1, 0.15) is 6.04 Å². The Morgan fingerprint density at radius 2 is 1.60 bits per heavy atom. The number of para-hydroxylation sites is 1. The topological polar surface area (TPSA) is 153 Å². The van der Waals surface area contributed by atoms with Crippen LogP contribution in [0.5, 0.6) is 0 Å². The van der Waals surface area contributed by atoms with Crippen molar-refractivity contribution in [2.24, 2.45) is 0 Å². The lowest BCUT2D eigenvalue weighted by Crippen LogP contribution is -2.47. The van der Waals surface area contributed by atoms with Gasteiger partial charge in [-0.05, 0) is 36.2 Å². The monoisotopic (exact) mass is 483 g/mol. The molecule has 0 saturated carbocycles. The molecule has 2 aromatic carbocycles. The normalized spacial score (nSPS) is 11.3. The Morgan fingerprint density at radius 3 is 2.17 bits per heavy atom. The SMILES string of the molecule is CCCCCNC(=O)[C@H](Cc1ccc(N(C(=O)C(=O)O)c2ccccc2C(=O)O)cc1)NC(C)=O. The first kappa shape index (κ1) is 27.0. The van der Waals surface area contributed by atoms with Crippen LogP contribution in [0.3, 0.4) is 0 Å². The predicted molar refractivity (Wildman–Crippen MR) is 128 cm³/mol. The van der Waals surface area contributed by atoms with Gasteiger partial charge in [-0.25, -0.2) is 9.59 Å². The van der Waals surface area contributed by atoms with Crippen molar-refractivity contribution in [3.05, 3.63) is 59.7 Å². The lowest BCUT2D eigenvalue weighted by molar-refractivity contribution is -0.148. The fourth-order valence-electron chi connectivity index (χ4n) is 3.49. The molecule has 0 aromatic heterocycles. The minimum Gasteiger partial charge on any atom is -0.478 e. The molecule has 0 bridgehead atoms. The van der Waals surface area contributed by atoms with Gasteiger partial charge in [-0.2, -0.15) is 0 Å². The summed E-state index contributed by atoms with van der Waals surface area (Å²) in [5.41, 5.74) is 0.444. The van der Waals surface area contributed by atoms with Crippen molar-refractivity contribution in [3.8, 4) is 0 Å². The van der Waals surface area contributed by atoms with E-state index >= 15 is 0 Å². The highest BCUT2D eigenvalue weighted by atomic mass is 16.4. The summed E-state index contributed by atoms with van der Waals surface area (Å²) in [5.74, 6) is -5.07. The van der Waals surface area contributed by atoms with Crippen LogP contribution in [0.25, 0.3) is 0 Å².